The standard InChI is InChI=1S/C54H87IN4O18/c1-15-59-27-37(47(63)64)41(60)36-23-35(16-17-38(36)59)28-71-21-20-70-19-18-56-51(66)76-46-34(7)73-40(25-53(46,9)69-14)74-43-31(4)45(75-49-42(61)39(57(11)12)22-30(3)72-49)52(8,67)24-29(2)26-58(13)33(6)44(62)54(10,68)50(55)77-48(65)32(43)5/h16-17,23,27,29-34,39-40,42-46,49-50,61-62,67-68H,15,18-22,24-26,28H2,1-14H3,(H,56,66)(H,63,64)/t29-,30-,31+,32-,33-,34+,39?,40+,42-,43+,44-,45-,46+,49+,50+,52-,53-,54+/m1/s1. The van der Waals surface area contributed by atoms with Gasteiger partial charge < -0.3 is 87.8 Å². The summed E-state index contributed by atoms with van der Waals surface area (Å²) < 4.78 is 56.2. The lowest BCUT2D eigenvalue weighted by molar-refractivity contribution is -0.317. The largest absolute Gasteiger partial charge is 0.477 e. The number of alkyl carbamates (subject to hydrolysis) is 1. The molecule has 1 amide bonds. The minimum atomic E-state index is -1.89. The predicted molar refractivity (Wildman–Crippen MR) is 291 cm³/mol. The smallest absolute Gasteiger partial charge is 0.407 e. The Morgan fingerprint density at radius 1 is 0.948 bits per heavy atom. The number of hydrogen-bond donors (Lipinski definition) is 6. The Bertz CT molecular complexity index is 2340. The Hall–Kier alpha value is -3.15. The van der Waals surface area contributed by atoms with E-state index in [1.807, 2.05) is 80.4 Å². The minimum Gasteiger partial charge on any atom is -0.477 e. The third-order valence-electron chi connectivity index (χ3n) is 15.7. The number of ether oxygens (including phenoxy) is 9. The molecule has 0 spiro atoms. The highest BCUT2D eigenvalue weighted by atomic mass is 127. The number of esters is 1. The molecule has 3 aliphatic heterocycles. The number of aliphatic hydroxyl groups excluding tert-OH is 2. The SMILES string of the molecule is CCn1cc(C(=O)O)c(=O)c2cc(COCCOCCNC(=O)O[C@H]3[C@H](C)O[C@@H](O[C@H]4[C@H](C)[C@@H](O[C@@H]5O[C@H](C)CC(N(C)C)[C@H]5O)[C@](C)(O)C[C@@H](C)CN(C)[C@H](C)[C@@H](O)[C@](C)(O)[C@@H](I)OC(=O)[C@@H]4C)C[C@@]3(C)OC)ccc21. The molecule has 2 aromatic rings. The van der Waals surface area contributed by atoms with Gasteiger partial charge in [0, 0.05) is 62.7 Å². The second kappa shape index (κ2) is 27.5. The van der Waals surface area contributed by atoms with Crippen LogP contribution in [0.25, 0.3) is 10.9 Å². The Morgan fingerprint density at radius 3 is 2.26 bits per heavy atom. The number of aromatic carboxylic acids is 1. The molecule has 438 valence electrons. The second-order valence-corrected chi connectivity index (χ2v) is 23.5. The van der Waals surface area contributed by atoms with Crippen LogP contribution in [0.3, 0.4) is 0 Å². The summed E-state index contributed by atoms with van der Waals surface area (Å²) in [4.78, 5) is 56.0. The number of carboxylic acids is 1. The molecule has 3 saturated heterocycles. The number of carbonyl (C=O) groups excluding carboxylic acids is 2. The average molecular weight is 1210 g/mol. The fourth-order valence-electron chi connectivity index (χ4n) is 11.1. The van der Waals surface area contributed by atoms with Gasteiger partial charge in [0.05, 0.1) is 67.9 Å². The van der Waals surface area contributed by atoms with Gasteiger partial charge in [-0.25, -0.2) is 9.59 Å². The number of cyclic esters (lactones) is 1. The molecular weight excluding hydrogens is 1120 g/mol. The van der Waals surface area contributed by atoms with Gasteiger partial charge in [0.15, 0.2) is 22.8 Å². The first-order valence-corrected chi connectivity index (χ1v) is 27.9. The first-order valence-electron chi connectivity index (χ1n) is 26.7. The van der Waals surface area contributed by atoms with Gasteiger partial charge >= 0.3 is 18.0 Å². The number of methoxy groups -OCH3 is 1. The highest BCUT2D eigenvalue weighted by Crippen LogP contribution is 2.41. The van der Waals surface area contributed by atoms with Gasteiger partial charge in [-0.1, -0.05) is 19.9 Å². The molecule has 3 aliphatic rings. The number of pyridine rings is 1. The van der Waals surface area contributed by atoms with Crippen molar-refractivity contribution in [3.05, 3.63) is 45.7 Å². The molecular formula is C54H87IN4O18. The van der Waals surface area contributed by atoms with Crippen LogP contribution in [0.2, 0.25) is 0 Å². The molecule has 5 rings (SSSR count). The zero-order valence-corrected chi connectivity index (χ0v) is 49.5. The molecule has 0 aliphatic carbocycles. The number of fused-ring (bicyclic) bond motifs is 1. The number of aliphatic hydroxyl groups is 4. The molecule has 1 aromatic heterocycles. The summed E-state index contributed by atoms with van der Waals surface area (Å²) in [5, 5.41) is 60.2. The summed E-state index contributed by atoms with van der Waals surface area (Å²) in [6.07, 6.45) is -7.80. The van der Waals surface area contributed by atoms with Crippen LogP contribution in [-0.4, -0.2) is 207 Å². The molecule has 0 bridgehead atoms. The van der Waals surface area contributed by atoms with Crippen molar-refractivity contribution >= 4 is 51.5 Å². The van der Waals surface area contributed by atoms with E-state index in [9.17, 15) is 44.7 Å². The van der Waals surface area contributed by atoms with Crippen LogP contribution in [0, 0.1) is 17.8 Å². The Labute approximate surface area is 466 Å². The van der Waals surface area contributed by atoms with E-state index in [-0.39, 0.29) is 69.4 Å². The second-order valence-electron chi connectivity index (χ2n) is 22.4. The quantitative estimate of drug-likeness (QED) is 0.0567. The van der Waals surface area contributed by atoms with E-state index in [4.69, 9.17) is 42.6 Å². The van der Waals surface area contributed by atoms with Crippen LogP contribution in [0.1, 0.15) is 104 Å². The number of nitrogens with zero attached hydrogens (tertiary/aromatic N) is 3. The number of aryl methyl sites for hydroxylation is 1. The number of hydrogen-bond acceptors (Lipinski definition) is 19. The number of likely N-dealkylation sites (N-methyl/N-ethyl adjacent to an activating group) is 2. The minimum absolute atomic E-state index is 0.00468. The highest BCUT2D eigenvalue weighted by Gasteiger charge is 2.54. The van der Waals surface area contributed by atoms with Crippen molar-refractivity contribution in [1.82, 2.24) is 19.7 Å². The lowest BCUT2D eigenvalue weighted by Gasteiger charge is -2.49. The van der Waals surface area contributed by atoms with Crippen LogP contribution in [0.15, 0.2) is 29.2 Å². The number of carboxylic acid groups (broad SMARTS) is 1. The maximum Gasteiger partial charge on any atom is 0.407 e. The van der Waals surface area contributed by atoms with E-state index >= 15 is 0 Å². The predicted octanol–water partition coefficient (Wildman–Crippen LogP) is 3.88. The van der Waals surface area contributed by atoms with Gasteiger partial charge in [0.1, 0.15) is 29.0 Å². The maximum absolute atomic E-state index is 14.4. The number of benzene rings is 1. The molecule has 4 heterocycles. The molecule has 18 atom stereocenters. The molecule has 0 radical (unpaired) electrons. The van der Waals surface area contributed by atoms with E-state index in [2.05, 4.69) is 5.32 Å². The monoisotopic (exact) mass is 1210 g/mol. The molecule has 3 fully saturated rings. The Balaban J connectivity index is 1.27. The fraction of sp³-hybridized carbons (Fsp3) is 0.778. The first kappa shape index (κ1) is 64.7. The van der Waals surface area contributed by atoms with Crippen LogP contribution in [0.4, 0.5) is 4.79 Å². The fourth-order valence-corrected chi connectivity index (χ4v) is 11.7. The zero-order chi connectivity index (χ0) is 57.5. The van der Waals surface area contributed by atoms with Crippen molar-refractivity contribution in [2.75, 3.05) is 61.2 Å². The molecule has 23 heteroatoms. The number of aromatic nitrogens is 1. The Kier molecular flexibility index (Phi) is 23.1. The van der Waals surface area contributed by atoms with Gasteiger partial charge in [-0.3, -0.25) is 9.59 Å². The number of halogens is 1. The molecule has 1 unspecified atom stereocenters. The maximum atomic E-state index is 14.4. The number of amides is 1. The number of carbonyl (C=O) groups is 3. The van der Waals surface area contributed by atoms with Gasteiger partial charge in [0.2, 0.25) is 5.43 Å². The van der Waals surface area contributed by atoms with E-state index < -0.39 is 111 Å². The molecule has 0 saturated carbocycles. The molecule has 1 aromatic carbocycles. The molecule has 22 nitrogen and oxygen atoms in total. The zero-order valence-electron chi connectivity index (χ0n) is 47.3. The van der Waals surface area contributed by atoms with Crippen LogP contribution in [0.5, 0.6) is 0 Å². The van der Waals surface area contributed by atoms with Crippen molar-refractivity contribution in [2.24, 2.45) is 17.8 Å². The lowest BCUT2D eigenvalue weighted by atomic mass is 9.77. The third kappa shape index (κ3) is 15.9. The van der Waals surface area contributed by atoms with Gasteiger partial charge in [-0.2, -0.15) is 0 Å². The van der Waals surface area contributed by atoms with Crippen molar-refractivity contribution in [3.8, 4) is 0 Å². The highest BCUT2D eigenvalue weighted by molar-refractivity contribution is 14.1. The number of alkyl halides is 1. The van der Waals surface area contributed by atoms with Gasteiger partial charge in [-0.05, 0) is 136 Å². The van der Waals surface area contributed by atoms with Crippen LogP contribution in [-0.2, 0) is 60.6 Å². The van der Waals surface area contributed by atoms with E-state index in [0.29, 0.717) is 36.0 Å². The summed E-state index contributed by atoms with van der Waals surface area (Å²) in [6, 6.07) is 4.28. The van der Waals surface area contributed by atoms with Gasteiger partial charge in [0.25, 0.3) is 0 Å². The van der Waals surface area contributed by atoms with Crippen LogP contribution >= 0.6 is 22.6 Å². The summed E-state index contributed by atoms with van der Waals surface area (Å²) in [7, 11) is 7.01. The number of rotatable bonds is 17. The van der Waals surface area contributed by atoms with E-state index in [1.54, 1.807) is 58.2 Å². The Morgan fingerprint density at radius 2 is 1.62 bits per heavy atom. The van der Waals surface area contributed by atoms with Crippen molar-refractivity contribution in [1.29, 1.82) is 0 Å². The topological polar surface area (TPSA) is 276 Å². The third-order valence-corrected chi connectivity index (χ3v) is 17.2. The van der Waals surface area contributed by atoms with Gasteiger partial charge in [-0.15, -0.1) is 0 Å². The molecule has 6 N–H and O–H groups in total. The van der Waals surface area contributed by atoms with E-state index in [1.165, 1.54) is 20.2 Å². The summed E-state index contributed by atoms with van der Waals surface area (Å²) in [5.74, 6) is -4.24. The number of nitrogens with one attached hydrogen (secondary N) is 1. The van der Waals surface area contributed by atoms with Crippen molar-refractivity contribution in [3.63, 3.8) is 0 Å². The van der Waals surface area contributed by atoms with Crippen molar-refractivity contribution in [2.45, 2.75) is 190 Å². The van der Waals surface area contributed by atoms with E-state index in [0.717, 1.165) is 0 Å². The first-order chi connectivity index (χ1) is 36.0. The lowest BCUT2D eigenvalue weighted by Crippen LogP contribution is -2.61. The summed E-state index contributed by atoms with van der Waals surface area (Å²) in [5.41, 5.74) is -4.28. The summed E-state index contributed by atoms with van der Waals surface area (Å²) in [6.45, 7) is 19.0. The normalized spacial score (nSPS) is 37.2. The van der Waals surface area contributed by atoms with Crippen LogP contribution < -0.4 is 10.7 Å². The molecule has 77 heavy (non-hydrogen) atoms. The average Bonchev–Trinajstić information content (AvgIpc) is 3.36. The summed E-state index contributed by atoms with van der Waals surface area (Å²) >= 11 is 1.81. The van der Waals surface area contributed by atoms with Crippen molar-refractivity contribution < 1.29 is 82.5 Å².